The Morgan fingerprint density at radius 2 is 2.33 bits per heavy atom. The molecule has 0 amide bonds. The van der Waals surface area contributed by atoms with Crippen LogP contribution in [0.5, 0.6) is 0 Å². The monoisotopic (exact) mass is 337 g/mol. The van der Waals surface area contributed by atoms with Crippen LogP contribution in [0.3, 0.4) is 0 Å². The highest BCUT2D eigenvalue weighted by Gasteiger charge is 2.14. The topological polar surface area (TPSA) is 54.9 Å². The van der Waals surface area contributed by atoms with Gasteiger partial charge in [0, 0.05) is 26.3 Å². The molecule has 24 heavy (non-hydrogen) atoms. The standard InChI is InChI=1S/C18H28FN3O2/c1-2-20-18(22-13-15-6-3-7-16(19)12-15)21-9-5-10-23-14-17-8-4-11-24-17/h3,6-7,12,17H,2,4-5,8-11,13-14H2,1H3,(H2,20,21,22). The zero-order valence-corrected chi connectivity index (χ0v) is 14.4. The summed E-state index contributed by atoms with van der Waals surface area (Å²) in [5, 5.41) is 6.46. The van der Waals surface area contributed by atoms with Crippen molar-refractivity contribution in [1.29, 1.82) is 0 Å². The average molecular weight is 337 g/mol. The maximum atomic E-state index is 13.2. The predicted octanol–water partition coefficient (Wildman–Crippen LogP) is 2.47. The molecule has 1 aliphatic heterocycles. The van der Waals surface area contributed by atoms with E-state index in [1.54, 1.807) is 6.07 Å². The van der Waals surface area contributed by atoms with Crippen molar-refractivity contribution in [2.45, 2.75) is 38.8 Å². The number of ether oxygens (including phenoxy) is 2. The molecule has 1 aromatic carbocycles. The third kappa shape index (κ3) is 7.27. The number of hydrogen-bond donors (Lipinski definition) is 2. The van der Waals surface area contributed by atoms with E-state index in [2.05, 4.69) is 15.6 Å². The summed E-state index contributed by atoms with van der Waals surface area (Å²) in [6.45, 7) is 6.28. The number of benzene rings is 1. The van der Waals surface area contributed by atoms with Gasteiger partial charge in [-0.3, -0.25) is 0 Å². The smallest absolute Gasteiger partial charge is 0.191 e. The molecule has 1 heterocycles. The molecular formula is C18H28FN3O2. The van der Waals surface area contributed by atoms with Gasteiger partial charge >= 0.3 is 0 Å². The molecule has 134 valence electrons. The highest BCUT2D eigenvalue weighted by Crippen LogP contribution is 2.11. The van der Waals surface area contributed by atoms with Gasteiger partial charge in [0.1, 0.15) is 5.82 Å². The van der Waals surface area contributed by atoms with Crippen LogP contribution in [0.25, 0.3) is 0 Å². The molecular weight excluding hydrogens is 309 g/mol. The normalized spacial score (nSPS) is 17.9. The Labute approximate surface area is 143 Å². The van der Waals surface area contributed by atoms with Gasteiger partial charge < -0.3 is 20.1 Å². The van der Waals surface area contributed by atoms with Gasteiger partial charge in [0.15, 0.2) is 5.96 Å². The largest absolute Gasteiger partial charge is 0.379 e. The summed E-state index contributed by atoms with van der Waals surface area (Å²) < 4.78 is 24.3. The number of aliphatic imine (C=N–C) groups is 1. The fourth-order valence-electron chi connectivity index (χ4n) is 2.52. The molecule has 0 aliphatic carbocycles. The van der Waals surface area contributed by atoms with E-state index in [4.69, 9.17) is 9.47 Å². The van der Waals surface area contributed by atoms with Crippen molar-refractivity contribution in [3.05, 3.63) is 35.6 Å². The lowest BCUT2D eigenvalue weighted by Gasteiger charge is -2.12. The van der Waals surface area contributed by atoms with E-state index in [1.165, 1.54) is 12.1 Å². The minimum absolute atomic E-state index is 0.232. The molecule has 1 saturated heterocycles. The van der Waals surface area contributed by atoms with E-state index in [0.717, 1.165) is 50.5 Å². The summed E-state index contributed by atoms with van der Waals surface area (Å²) in [4.78, 5) is 4.47. The van der Waals surface area contributed by atoms with E-state index < -0.39 is 0 Å². The lowest BCUT2D eigenvalue weighted by molar-refractivity contribution is 0.0168. The lowest BCUT2D eigenvalue weighted by Crippen LogP contribution is -2.38. The van der Waals surface area contributed by atoms with Gasteiger partial charge in [-0.2, -0.15) is 0 Å². The second-order valence-corrected chi connectivity index (χ2v) is 5.82. The SMILES string of the molecule is CCNC(=NCc1cccc(F)c1)NCCCOCC1CCCO1. The molecule has 0 spiro atoms. The van der Waals surface area contributed by atoms with Crippen molar-refractivity contribution in [2.75, 3.05) is 32.9 Å². The second kappa shape index (κ2) is 11.0. The van der Waals surface area contributed by atoms with Crippen molar-refractivity contribution in [3.8, 4) is 0 Å². The molecule has 2 rings (SSSR count). The van der Waals surface area contributed by atoms with Gasteiger partial charge in [-0.15, -0.1) is 0 Å². The van der Waals surface area contributed by atoms with Gasteiger partial charge in [0.25, 0.3) is 0 Å². The molecule has 1 aromatic rings. The van der Waals surface area contributed by atoms with E-state index in [1.807, 2.05) is 13.0 Å². The molecule has 1 unspecified atom stereocenters. The molecule has 1 fully saturated rings. The number of rotatable bonds is 9. The molecule has 2 N–H and O–H groups in total. The molecule has 0 aromatic heterocycles. The van der Waals surface area contributed by atoms with Crippen LogP contribution >= 0.6 is 0 Å². The highest BCUT2D eigenvalue weighted by molar-refractivity contribution is 5.79. The predicted molar refractivity (Wildman–Crippen MR) is 93.6 cm³/mol. The molecule has 6 heteroatoms. The first-order chi connectivity index (χ1) is 11.8. The van der Waals surface area contributed by atoms with Gasteiger partial charge in [0.05, 0.1) is 19.3 Å². The minimum Gasteiger partial charge on any atom is -0.379 e. The quantitative estimate of drug-likeness (QED) is 0.413. The third-order valence-electron chi connectivity index (χ3n) is 3.74. The Bertz CT molecular complexity index is 505. The van der Waals surface area contributed by atoms with Crippen LogP contribution in [-0.4, -0.2) is 45.0 Å². The zero-order valence-electron chi connectivity index (χ0n) is 14.4. The minimum atomic E-state index is -0.232. The van der Waals surface area contributed by atoms with Gasteiger partial charge in [-0.25, -0.2) is 9.38 Å². The Kier molecular flexibility index (Phi) is 8.55. The van der Waals surface area contributed by atoms with Crippen LogP contribution in [0.15, 0.2) is 29.3 Å². The van der Waals surface area contributed by atoms with Gasteiger partial charge in [0.2, 0.25) is 0 Å². The van der Waals surface area contributed by atoms with Crippen LogP contribution < -0.4 is 10.6 Å². The Morgan fingerprint density at radius 3 is 3.08 bits per heavy atom. The summed E-state index contributed by atoms with van der Waals surface area (Å²) >= 11 is 0. The first-order valence-electron chi connectivity index (χ1n) is 8.74. The molecule has 0 bridgehead atoms. The van der Waals surface area contributed by atoms with Crippen LogP contribution in [0, 0.1) is 5.82 Å². The Morgan fingerprint density at radius 1 is 1.42 bits per heavy atom. The van der Waals surface area contributed by atoms with E-state index in [-0.39, 0.29) is 11.9 Å². The zero-order chi connectivity index (χ0) is 17.0. The number of hydrogen-bond acceptors (Lipinski definition) is 3. The van der Waals surface area contributed by atoms with E-state index in [0.29, 0.717) is 19.8 Å². The molecule has 5 nitrogen and oxygen atoms in total. The van der Waals surface area contributed by atoms with Crippen LogP contribution in [0.4, 0.5) is 4.39 Å². The van der Waals surface area contributed by atoms with Gasteiger partial charge in [-0.05, 0) is 43.9 Å². The lowest BCUT2D eigenvalue weighted by atomic mass is 10.2. The number of halogens is 1. The number of nitrogens with one attached hydrogen (secondary N) is 2. The van der Waals surface area contributed by atoms with E-state index in [9.17, 15) is 4.39 Å². The summed E-state index contributed by atoms with van der Waals surface area (Å²) in [6, 6.07) is 6.51. The van der Waals surface area contributed by atoms with Crippen LogP contribution in [0.2, 0.25) is 0 Å². The first kappa shape index (κ1) is 18.7. The maximum absolute atomic E-state index is 13.2. The fraction of sp³-hybridized carbons (Fsp3) is 0.611. The summed E-state index contributed by atoms with van der Waals surface area (Å²) in [7, 11) is 0. The Balaban J connectivity index is 1.63. The van der Waals surface area contributed by atoms with Crippen molar-refractivity contribution in [1.82, 2.24) is 10.6 Å². The summed E-state index contributed by atoms with van der Waals surface area (Å²) in [5.74, 6) is 0.505. The number of nitrogens with zero attached hydrogens (tertiary/aromatic N) is 1. The van der Waals surface area contributed by atoms with Crippen molar-refractivity contribution < 1.29 is 13.9 Å². The summed E-state index contributed by atoms with van der Waals surface area (Å²) in [5.41, 5.74) is 0.854. The van der Waals surface area contributed by atoms with Crippen molar-refractivity contribution >= 4 is 5.96 Å². The van der Waals surface area contributed by atoms with Crippen molar-refractivity contribution in [3.63, 3.8) is 0 Å². The van der Waals surface area contributed by atoms with Crippen LogP contribution in [-0.2, 0) is 16.0 Å². The molecule has 1 atom stereocenters. The second-order valence-electron chi connectivity index (χ2n) is 5.82. The summed E-state index contributed by atoms with van der Waals surface area (Å²) in [6.07, 6.45) is 3.43. The van der Waals surface area contributed by atoms with Crippen LogP contribution in [0.1, 0.15) is 31.7 Å². The van der Waals surface area contributed by atoms with E-state index >= 15 is 0 Å². The Hall–Kier alpha value is -1.66. The third-order valence-corrected chi connectivity index (χ3v) is 3.74. The first-order valence-corrected chi connectivity index (χ1v) is 8.74. The number of guanidine groups is 1. The fourth-order valence-corrected chi connectivity index (χ4v) is 2.52. The maximum Gasteiger partial charge on any atom is 0.191 e. The van der Waals surface area contributed by atoms with Gasteiger partial charge in [-0.1, -0.05) is 12.1 Å². The molecule has 0 saturated carbocycles. The molecule has 1 aliphatic rings. The van der Waals surface area contributed by atoms with Crippen molar-refractivity contribution in [2.24, 2.45) is 4.99 Å². The average Bonchev–Trinajstić information content (AvgIpc) is 3.09. The highest BCUT2D eigenvalue weighted by atomic mass is 19.1. The molecule has 0 radical (unpaired) electrons.